The minimum absolute atomic E-state index is 0.0186. The standard InChI is InChI=1S/C10H16N2O5/c13-2-1-11-4-6-3-7(14)5-12(10(16)17)8(6)9(11)15/h6-8,13-14H,1-5H2,(H,16,17)/t6-,7-,8-/m0/s1. The van der Waals surface area contributed by atoms with E-state index in [4.69, 9.17) is 10.2 Å². The fourth-order valence-electron chi connectivity index (χ4n) is 2.74. The lowest BCUT2D eigenvalue weighted by atomic mass is 9.90. The molecule has 2 fully saturated rings. The fraction of sp³-hybridized carbons (Fsp3) is 0.800. The number of aliphatic hydroxyl groups excluding tert-OH is 2. The number of piperidine rings is 1. The van der Waals surface area contributed by atoms with Crippen LogP contribution in [0.5, 0.6) is 0 Å². The van der Waals surface area contributed by atoms with Gasteiger partial charge in [0.2, 0.25) is 5.91 Å². The van der Waals surface area contributed by atoms with Crippen molar-refractivity contribution in [3.8, 4) is 0 Å². The van der Waals surface area contributed by atoms with Crippen LogP contribution in [0.25, 0.3) is 0 Å². The Balaban J connectivity index is 2.18. The number of hydrogen-bond donors (Lipinski definition) is 3. The van der Waals surface area contributed by atoms with Crippen LogP contribution in [0, 0.1) is 5.92 Å². The third-order valence-corrected chi connectivity index (χ3v) is 3.40. The van der Waals surface area contributed by atoms with Crippen LogP contribution in [0.1, 0.15) is 6.42 Å². The first-order valence-corrected chi connectivity index (χ1v) is 5.62. The zero-order valence-corrected chi connectivity index (χ0v) is 9.32. The Morgan fingerprint density at radius 2 is 2.12 bits per heavy atom. The minimum atomic E-state index is -1.18. The number of amides is 2. The van der Waals surface area contributed by atoms with E-state index in [9.17, 15) is 14.7 Å². The first-order chi connectivity index (χ1) is 8.04. The molecule has 0 aromatic carbocycles. The number of hydrogen-bond acceptors (Lipinski definition) is 4. The molecule has 7 heteroatoms. The van der Waals surface area contributed by atoms with Crippen LogP contribution in [0.2, 0.25) is 0 Å². The molecule has 0 saturated carbocycles. The molecule has 96 valence electrons. The molecule has 3 N–H and O–H groups in total. The molecule has 2 amide bonds. The van der Waals surface area contributed by atoms with Crippen LogP contribution in [0.15, 0.2) is 0 Å². The number of rotatable bonds is 2. The van der Waals surface area contributed by atoms with Gasteiger partial charge in [0.1, 0.15) is 6.04 Å². The Morgan fingerprint density at radius 3 is 2.71 bits per heavy atom. The molecule has 3 atom stereocenters. The fourth-order valence-corrected chi connectivity index (χ4v) is 2.74. The van der Waals surface area contributed by atoms with Crippen LogP contribution in [0.4, 0.5) is 4.79 Å². The monoisotopic (exact) mass is 244 g/mol. The molecule has 2 aliphatic rings. The molecule has 2 saturated heterocycles. The smallest absolute Gasteiger partial charge is 0.408 e. The molecule has 2 heterocycles. The lowest BCUT2D eigenvalue weighted by Crippen LogP contribution is -2.54. The summed E-state index contributed by atoms with van der Waals surface area (Å²) in [7, 11) is 0. The zero-order valence-electron chi connectivity index (χ0n) is 9.32. The van der Waals surface area contributed by atoms with Crippen molar-refractivity contribution in [2.45, 2.75) is 18.6 Å². The summed E-state index contributed by atoms with van der Waals surface area (Å²) < 4.78 is 0. The van der Waals surface area contributed by atoms with Gasteiger partial charge in [0, 0.05) is 19.0 Å². The number of carboxylic acid groups (broad SMARTS) is 1. The van der Waals surface area contributed by atoms with E-state index >= 15 is 0 Å². The minimum Gasteiger partial charge on any atom is -0.465 e. The molecule has 0 bridgehead atoms. The van der Waals surface area contributed by atoms with E-state index in [0.29, 0.717) is 13.0 Å². The second kappa shape index (κ2) is 4.50. The predicted molar refractivity (Wildman–Crippen MR) is 56.3 cm³/mol. The molecule has 17 heavy (non-hydrogen) atoms. The lowest BCUT2D eigenvalue weighted by Gasteiger charge is -2.35. The maximum atomic E-state index is 12.0. The second-order valence-electron chi connectivity index (χ2n) is 4.54. The summed E-state index contributed by atoms with van der Waals surface area (Å²) in [5.41, 5.74) is 0. The lowest BCUT2D eigenvalue weighted by molar-refractivity contribution is -0.133. The van der Waals surface area contributed by atoms with Gasteiger partial charge in [0.05, 0.1) is 19.3 Å². The van der Waals surface area contributed by atoms with E-state index in [0.717, 1.165) is 4.90 Å². The summed E-state index contributed by atoms with van der Waals surface area (Å²) in [6.07, 6.45) is -1.46. The SMILES string of the molecule is O=C1[C@@H]2[C@@H](C[C@H](O)CN2C(=O)O)CN1CCO. The van der Waals surface area contributed by atoms with Gasteiger partial charge < -0.3 is 20.2 Å². The van der Waals surface area contributed by atoms with Crippen molar-refractivity contribution in [1.29, 1.82) is 0 Å². The molecule has 0 spiro atoms. The van der Waals surface area contributed by atoms with Gasteiger partial charge in [0.25, 0.3) is 0 Å². The number of carbonyl (C=O) groups excluding carboxylic acids is 1. The summed E-state index contributed by atoms with van der Waals surface area (Å²) in [6, 6.07) is -0.692. The van der Waals surface area contributed by atoms with Gasteiger partial charge in [-0.3, -0.25) is 9.69 Å². The maximum Gasteiger partial charge on any atom is 0.408 e. The van der Waals surface area contributed by atoms with Gasteiger partial charge in [-0.15, -0.1) is 0 Å². The highest BCUT2D eigenvalue weighted by molar-refractivity contribution is 5.88. The molecule has 0 aromatic rings. The molecule has 0 unspecified atom stereocenters. The van der Waals surface area contributed by atoms with Crippen LogP contribution in [-0.4, -0.2) is 75.5 Å². The van der Waals surface area contributed by atoms with Gasteiger partial charge in [-0.05, 0) is 6.42 Å². The first-order valence-electron chi connectivity index (χ1n) is 5.62. The largest absolute Gasteiger partial charge is 0.465 e. The van der Waals surface area contributed by atoms with Crippen molar-refractivity contribution < 1.29 is 24.9 Å². The predicted octanol–water partition coefficient (Wildman–Crippen LogP) is -1.45. The highest BCUT2D eigenvalue weighted by Gasteiger charge is 2.49. The molecule has 0 aliphatic carbocycles. The number of nitrogens with zero attached hydrogens (tertiary/aromatic N) is 2. The van der Waals surface area contributed by atoms with Gasteiger partial charge in [-0.25, -0.2) is 4.79 Å². The quantitative estimate of drug-likeness (QED) is 0.551. The van der Waals surface area contributed by atoms with E-state index in [1.54, 1.807) is 0 Å². The molecule has 0 radical (unpaired) electrons. The average molecular weight is 244 g/mol. The molecule has 7 nitrogen and oxygen atoms in total. The Bertz CT molecular complexity index is 335. The normalized spacial score (nSPS) is 32.8. The second-order valence-corrected chi connectivity index (χ2v) is 4.54. The third-order valence-electron chi connectivity index (χ3n) is 3.40. The Labute approximate surface area is 98.2 Å². The molecular formula is C10H16N2O5. The maximum absolute atomic E-state index is 12.0. The number of carbonyl (C=O) groups is 2. The number of fused-ring (bicyclic) bond motifs is 1. The highest BCUT2D eigenvalue weighted by Crippen LogP contribution is 2.31. The Kier molecular flexibility index (Phi) is 3.21. The van der Waals surface area contributed by atoms with Crippen LogP contribution in [-0.2, 0) is 4.79 Å². The number of likely N-dealkylation sites (tertiary alicyclic amines) is 2. The van der Waals surface area contributed by atoms with Crippen molar-refractivity contribution >= 4 is 12.0 Å². The highest BCUT2D eigenvalue weighted by atomic mass is 16.4. The van der Waals surface area contributed by atoms with Crippen molar-refractivity contribution in [2.75, 3.05) is 26.2 Å². The number of β-amino-alcohol motifs (C(OH)–C–C–N with tert-alkyl or cyclic N) is 2. The van der Waals surface area contributed by atoms with E-state index in [-0.39, 0.29) is 31.5 Å². The topological polar surface area (TPSA) is 101 Å². The summed E-state index contributed by atoms with van der Waals surface area (Å²) in [5.74, 6) is -0.438. The molecule has 0 aromatic heterocycles. The summed E-state index contributed by atoms with van der Waals surface area (Å²) in [6.45, 7) is 0.469. The molecule has 2 rings (SSSR count). The van der Waals surface area contributed by atoms with E-state index in [2.05, 4.69) is 0 Å². The van der Waals surface area contributed by atoms with Crippen molar-refractivity contribution in [3.63, 3.8) is 0 Å². The summed E-state index contributed by atoms with van der Waals surface area (Å²) in [4.78, 5) is 25.5. The third kappa shape index (κ3) is 2.07. The van der Waals surface area contributed by atoms with Crippen LogP contribution < -0.4 is 0 Å². The van der Waals surface area contributed by atoms with E-state index in [1.165, 1.54) is 4.90 Å². The van der Waals surface area contributed by atoms with Gasteiger partial charge in [-0.2, -0.15) is 0 Å². The van der Waals surface area contributed by atoms with Gasteiger partial charge in [-0.1, -0.05) is 0 Å². The van der Waals surface area contributed by atoms with Gasteiger partial charge >= 0.3 is 6.09 Å². The van der Waals surface area contributed by atoms with E-state index in [1.807, 2.05) is 0 Å². The van der Waals surface area contributed by atoms with Crippen LogP contribution >= 0.6 is 0 Å². The zero-order chi connectivity index (χ0) is 12.6. The van der Waals surface area contributed by atoms with Crippen LogP contribution in [0.3, 0.4) is 0 Å². The Morgan fingerprint density at radius 1 is 1.41 bits per heavy atom. The number of aliphatic hydroxyl groups is 2. The van der Waals surface area contributed by atoms with E-state index < -0.39 is 18.2 Å². The average Bonchev–Trinajstić information content (AvgIpc) is 2.55. The van der Waals surface area contributed by atoms with Crippen molar-refractivity contribution in [2.24, 2.45) is 5.92 Å². The van der Waals surface area contributed by atoms with Gasteiger partial charge in [0.15, 0.2) is 0 Å². The summed E-state index contributed by atoms with van der Waals surface area (Å²) in [5, 5.41) is 27.5. The van der Waals surface area contributed by atoms with Crippen molar-refractivity contribution in [3.05, 3.63) is 0 Å². The summed E-state index contributed by atoms with van der Waals surface area (Å²) >= 11 is 0. The first kappa shape index (κ1) is 12.1. The Hall–Kier alpha value is -1.34. The molecule has 2 aliphatic heterocycles. The van der Waals surface area contributed by atoms with Crippen molar-refractivity contribution in [1.82, 2.24) is 9.80 Å². The molecular weight excluding hydrogens is 228 g/mol.